The Bertz CT molecular complexity index is 937. The molecule has 1 N–H and O–H groups in total. The predicted octanol–water partition coefficient (Wildman–Crippen LogP) is 5.36. The fraction of sp³-hybridized carbons (Fsp3) is 0.704. The maximum Gasteiger partial charge on any atom is 0.246 e. The van der Waals surface area contributed by atoms with Gasteiger partial charge in [-0.05, 0) is 93.1 Å². The molecule has 0 unspecified atom stereocenters. The van der Waals surface area contributed by atoms with Crippen LogP contribution in [-0.2, 0) is 15.1 Å². The van der Waals surface area contributed by atoms with Crippen molar-refractivity contribution in [1.82, 2.24) is 10.2 Å². The molecule has 5 rings (SSSR count). The highest BCUT2D eigenvalue weighted by molar-refractivity contribution is 7.10. The summed E-state index contributed by atoms with van der Waals surface area (Å²) in [5, 5.41) is 5.49. The van der Waals surface area contributed by atoms with E-state index in [1.807, 2.05) is 18.0 Å². The summed E-state index contributed by atoms with van der Waals surface area (Å²) >= 11 is 1.71. The van der Waals surface area contributed by atoms with Crippen molar-refractivity contribution in [3.63, 3.8) is 0 Å². The molecule has 3 aliphatic carbocycles. The lowest BCUT2D eigenvalue weighted by Crippen LogP contribution is -2.60. The molecular weight excluding hydrogens is 416 g/mol. The molecule has 0 saturated heterocycles. The van der Waals surface area contributed by atoms with Crippen LogP contribution in [0, 0.1) is 34.5 Å². The van der Waals surface area contributed by atoms with Gasteiger partial charge < -0.3 is 10.2 Å². The summed E-state index contributed by atoms with van der Waals surface area (Å²) in [5.41, 5.74) is -0.180. The van der Waals surface area contributed by atoms with Crippen molar-refractivity contribution in [2.45, 2.75) is 77.8 Å². The summed E-state index contributed by atoms with van der Waals surface area (Å²) in [4.78, 5) is 29.1. The van der Waals surface area contributed by atoms with Gasteiger partial charge in [0, 0.05) is 29.3 Å². The summed E-state index contributed by atoms with van der Waals surface area (Å²) in [5.74, 6) is 2.37. The van der Waals surface area contributed by atoms with E-state index in [9.17, 15) is 9.59 Å². The maximum absolute atomic E-state index is 13.6. The standard InChI is InChI=1S/C27H38N2O2S/c1-25(2,22-7-6-16-32-22)28-24(31)20-10-9-18-17-8-11-21-27(4,15-13-23(30)29(21)5)19(17)12-14-26(18,20)3/h6-7,13,15-21H,8-12,14H2,1-5H3,(H,28,31)/t17-,18-,19-,20+,21+,26-,27+/m0/s1. The molecule has 2 heterocycles. The number of hydrogen-bond donors (Lipinski definition) is 1. The van der Waals surface area contributed by atoms with Crippen LogP contribution >= 0.6 is 11.3 Å². The number of carbonyl (C=O) groups excluding carboxylic acids is 2. The lowest BCUT2D eigenvalue weighted by atomic mass is 9.47. The summed E-state index contributed by atoms with van der Waals surface area (Å²) in [6.45, 7) is 9.04. The highest BCUT2D eigenvalue weighted by Crippen LogP contribution is 2.65. The molecule has 1 aromatic rings. The van der Waals surface area contributed by atoms with Gasteiger partial charge in [0.2, 0.25) is 11.8 Å². The van der Waals surface area contributed by atoms with Gasteiger partial charge in [0.1, 0.15) is 0 Å². The van der Waals surface area contributed by atoms with E-state index < -0.39 is 0 Å². The molecule has 0 radical (unpaired) electrons. The van der Waals surface area contributed by atoms with Crippen molar-refractivity contribution in [1.29, 1.82) is 0 Å². The molecule has 32 heavy (non-hydrogen) atoms. The first kappa shape index (κ1) is 22.2. The quantitative estimate of drug-likeness (QED) is 0.669. The van der Waals surface area contributed by atoms with Crippen molar-refractivity contribution in [3.05, 3.63) is 34.5 Å². The van der Waals surface area contributed by atoms with Gasteiger partial charge in [-0.3, -0.25) is 9.59 Å². The van der Waals surface area contributed by atoms with Crippen molar-refractivity contribution >= 4 is 23.2 Å². The maximum atomic E-state index is 13.6. The Labute approximate surface area is 196 Å². The molecule has 4 aliphatic rings. The molecule has 0 aromatic carbocycles. The largest absolute Gasteiger partial charge is 0.346 e. The molecule has 2 amide bonds. The Balaban J connectivity index is 1.37. The number of hydrogen-bond acceptors (Lipinski definition) is 3. The third-order valence-electron chi connectivity index (χ3n) is 10.0. The average molecular weight is 455 g/mol. The molecular formula is C27H38N2O2S. The third kappa shape index (κ3) is 3.13. The van der Waals surface area contributed by atoms with E-state index in [-0.39, 0.29) is 34.1 Å². The van der Waals surface area contributed by atoms with Gasteiger partial charge in [0.25, 0.3) is 0 Å². The SMILES string of the molecule is CN1C(=O)C=C[C@]2(C)[C@H]3CC[C@]4(C)[C@@H](C(=O)NC(C)(C)c5cccs5)CC[C@H]4[C@@H]3CC[C@@H]12. The Morgan fingerprint density at radius 1 is 1.16 bits per heavy atom. The summed E-state index contributed by atoms with van der Waals surface area (Å²) < 4.78 is 0. The van der Waals surface area contributed by atoms with Crippen LogP contribution in [-0.4, -0.2) is 29.8 Å². The Kier molecular flexibility index (Phi) is 5.16. The van der Waals surface area contributed by atoms with Crippen LogP contribution in [0.5, 0.6) is 0 Å². The van der Waals surface area contributed by atoms with Crippen LogP contribution in [0.1, 0.15) is 71.1 Å². The zero-order valence-electron chi connectivity index (χ0n) is 20.2. The summed E-state index contributed by atoms with van der Waals surface area (Å²) in [6.07, 6.45) is 10.8. The first-order valence-electron chi connectivity index (χ1n) is 12.4. The number of fused-ring (bicyclic) bond motifs is 5. The van der Waals surface area contributed by atoms with Crippen molar-refractivity contribution in [2.75, 3.05) is 7.05 Å². The highest BCUT2D eigenvalue weighted by Gasteiger charge is 2.61. The minimum absolute atomic E-state index is 0.0639. The van der Waals surface area contributed by atoms with Crippen LogP contribution < -0.4 is 5.32 Å². The molecule has 0 spiro atoms. The van der Waals surface area contributed by atoms with Crippen LogP contribution in [0.2, 0.25) is 0 Å². The molecule has 174 valence electrons. The molecule has 5 heteroatoms. The number of carbonyl (C=O) groups is 2. The topological polar surface area (TPSA) is 49.4 Å². The van der Waals surface area contributed by atoms with Gasteiger partial charge >= 0.3 is 0 Å². The third-order valence-corrected chi connectivity index (χ3v) is 11.2. The van der Waals surface area contributed by atoms with E-state index in [0.29, 0.717) is 23.8 Å². The number of nitrogens with zero attached hydrogens (tertiary/aromatic N) is 1. The first-order valence-corrected chi connectivity index (χ1v) is 13.3. The van der Waals surface area contributed by atoms with Crippen molar-refractivity contribution < 1.29 is 9.59 Å². The molecule has 3 fully saturated rings. The molecule has 1 aliphatic heterocycles. The molecule has 1 aromatic heterocycles. The van der Waals surface area contributed by atoms with Gasteiger partial charge in [-0.2, -0.15) is 0 Å². The Hall–Kier alpha value is -1.62. The Morgan fingerprint density at radius 3 is 2.66 bits per heavy atom. The van der Waals surface area contributed by atoms with Gasteiger partial charge in [-0.15, -0.1) is 11.3 Å². The molecule has 4 nitrogen and oxygen atoms in total. The molecule has 3 saturated carbocycles. The van der Waals surface area contributed by atoms with E-state index in [1.165, 1.54) is 11.3 Å². The summed E-state index contributed by atoms with van der Waals surface area (Å²) in [6, 6.07) is 4.50. The first-order chi connectivity index (χ1) is 15.1. The second-order valence-electron chi connectivity index (χ2n) is 11.9. The molecule has 0 bridgehead atoms. The minimum atomic E-state index is -0.327. The average Bonchev–Trinajstić information content (AvgIpc) is 3.39. The fourth-order valence-electron chi connectivity index (χ4n) is 8.26. The van der Waals surface area contributed by atoms with E-state index in [2.05, 4.69) is 56.6 Å². The highest BCUT2D eigenvalue weighted by atomic mass is 32.1. The van der Waals surface area contributed by atoms with Crippen LogP contribution in [0.3, 0.4) is 0 Å². The van der Waals surface area contributed by atoms with E-state index in [0.717, 1.165) is 32.1 Å². The van der Waals surface area contributed by atoms with Gasteiger partial charge in [-0.1, -0.05) is 26.0 Å². The lowest BCUT2D eigenvalue weighted by Gasteiger charge is -2.60. The van der Waals surface area contributed by atoms with Gasteiger partial charge in [-0.25, -0.2) is 0 Å². The number of thiophene rings is 1. The fourth-order valence-corrected chi connectivity index (χ4v) is 9.07. The lowest BCUT2D eigenvalue weighted by molar-refractivity contribution is -0.143. The number of rotatable bonds is 3. The second-order valence-corrected chi connectivity index (χ2v) is 12.8. The zero-order valence-corrected chi connectivity index (χ0v) is 21.0. The number of nitrogens with one attached hydrogen (secondary N) is 1. The minimum Gasteiger partial charge on any atom is -0.346 e. The van der Waals surface area contributed by atoms with Crippen molar-refractivity contribution in [2.24, 2.45) is 34.5 Å². The van der Waals surface area contributed by atoms with Crippen LogP contribution in [0.4, 0.5) is 0 Å². The van der Waals surface area contributed by atoms with E-state index in [1.54, 1.807) is 11.3 Å². The van der Waals surface area contributed by atoms with E-state index in [4.69, 9.17) is 0 Å². The second kappa shape index (κ2) is 7.44. The Morgan fingerprint density at radius 2 is 1.94 bits per heavy atom. The normalized spacial score (nSPS) is 41.1. The van der Waals surface area contributed by atoms with Crippen LogP contribution in [0.15, 0.2) is 29.7 Å². The predicted molar refractivity (Wildman–Crippen MR) is 129 cm³/mol. The zero-order chi connectivity index (χ0) is 22.9. The number of likely N-dealkylation sites (N-methyl/N-ethyl adjacent to an activating group) is 1. The smallest absolute Gasteiger partial charge is 0.246 e. The summed E-state index contributed by atoms with van der Waals surface area (Å²) in [7, 11) is 1.98. The van der Waals surface area contributed by atoms with Crippen LogP contribution in [0.25, 0.3) is 0 Å². The monoisotopic (exact) mass is 454 g/mol. The van der Waals surface area contributed by atoms with Crippen molar-refractivity contribution in [3.8, 4) is 0 Å². The molecule has 7 atom stereocenters. The van der Waals surface area contributed by atoms with Gasteiger partial charge in [0.15, 0.2) is 0 Å². The number of amides is 2. The van der Waals surface area contributed by atoms with E-state index >= 15 is 0 Å². The van der Waals surface area contributed by atoms with Gasteiger partial charge in [0.05, 0.1) is 5.54 Å².